The number of nitrogens with two attached hydrogens (primary N) is 2. The average Bonchev–Trinajstić information content (AvgIpc) is 2.97. The Kier molecular flexibility index (Phi) is 19.7. The molecule has 7 amide bonds. The van der Waals surface area contributed by atoms with E-state index < -0.39 is 109 Å². The lowest BCUT2D eigenvalue weighted by molar-refractivity contribution is -0.142. The third kappa shape index (κ3) is 15.7. The van der Waals surface area contributed by atoms with Crippen LogP contribution in [0.5, 0.6) is 0 Å². The van der Waals surface area contributed by atoms with Gasteiger partial charge in [-0.2, -0.15) is 25.3 Å². The molecule has 20 heteroatoms. The summed E-state index contributed by atoms with van der Waals surface area (Å²) >= 11 is 7.91. The number of aliphatic hydroxyl groups excluding tert-OH is 1. The van der Waals surface area contributed by atoms with Crippen LogP contribution in [0.25, 0.3) is 0 Å². The molecule has 0 aliphatic heterocycles. The summed E-state index contributed by atoms with van der Waals surface area (Å²) in [5.74, 6) is -8.74. The summed E-state index contributed by atoms with van der Waals surface area (Å²) in [5, 5.41) is 33.1. The summed E-state index contributed by atoms with van der Waals surface area (Å²) in [4.78, 5) is 100. The van der Waals surface area contributed by atoms with Crippen molar-refractivity contribution >= 4 is 72.6 Å². The number of hydrogen-bond donors (Lipinski definition) is 12. The molecule has 0 unspecified atom stereocenters. The Bertz CT molecular complexity index is 1140. The summed E-state index contributed by atoms with van der Waals surface area (Å²) in [6.07, 6.45) is -0.667. The van der Waals surface area contributed by atoms with E-state index in [4.69, 9.17) is 11.5 Å². The number of carboxylic acid groups (broad SMARTS) is 1. The van der Waals surface area contributed by atoms with Crippen LogP contribution in [-0.4, -0.2) is 118 Å². The Labute approximate surface area is 283 Å². The fourth-order valence-corrected chi connectivity index (χ4v) is 4.36. The van der Waals surface area contributed by atoms with Crippen LogP contribution in [0.1, 0.15) is 47.5 Å². The third-order valence-corrected chi connectivity index (χ3v) is 7.20. The van der Waals surface area contributed by atoms with Crippen molar-refractivity contribution in [2.75, 3.05) is 18.1 Å². The normalized spacial score (nSPS) is 15.6. The van der Waals surface area contributed by atoms with Crippen molar-refractivity contribution in [2.24, 2.45) is 23.3 Å². The van der Waals surface area contributed by atoms with Crippen LogP contribution < -0.4 is 43.4 Å². The minimum atomic E-state index is -1.60. The zero-order valence-electron chi connectivity index (χ0n) is 26.9. The van der Waals surface area contributed by atoms with Crippen LogP contribution in [0.2, 0.25) is 0 Å². The molecule has 268 valence electrons. The number of aliphatic carboxylic acids is 1. The molecule has 0 spiro atoms. The van der Waals surface area contributed by atoms with Gasteiger partial charge in [0.15, 0.2) is 0 Å². The highest BCUT2D eigenvalue weighted by molar-refractivity contribution is 7.80. The van der Waals surface area contributed by atoms with Crippen molar-refractivity contribution in [1.29, 1.82) is 0 Å². The van der Waals surface area contributed by atoms with E-state index in [1.54, 1.807) is 27.7 Å². The zero-order chi connectivity index (χ0) is 36.6. The van der Waals surface area contributed by atoms with Gasteiger partial charge in [0, 0.05) is 11.5 Å². The van der Waals surface area contributed by atoms with Gasteiger partial charge in [-0.15, -0.1) is 0 Å². The molecule has 0 heterocycles. The third-order valence-electron chi connectivity index (χ3n) is 6.47. The Hall–Kier alpha value is -3.62. The van der Waals surface area contributed by atoms with Gasteiger partial charge in [0.2, 0.25) is 41.4 Å². The first-order chi connectivity index (χ1) is 21.8. The molecule has 18 nitrogen and oxygen atoms in total. The van der Waals surface area contributed by atoms with Gasteiger partial charge in [-0.25, -0.2) is 4.79 Å². The molecule has 0 aliphatic rings. The minimum Gasteiger partial charge on any atom is -0.480 e. The summed E-state index contributed by atoms with van der Waals surface area (Å²) in [6.45, 7) is 7.08. The van der Waals surface area contributed by atoms with Crippen LogP contribution >= 0.6 is 25.3 Å². The van der Waals surface area contributed by atoms with Crippen molar-refractivity contribution in [1.82, 2.24) is 31.9 Å². The second-order valence-electron chi connectivity index (χ2n) is 11.5. The lowest BCUT2D eigenvalue weighted by atomic mass is 10.0. The highest BCUT2D eigenvalue weighted by atomic mass is 32.1. The van der Waals surface area contributed by atoms with E-state index in [1.165, 1.54) is 6.92 Å². The van der Waals surface area contributed by atoms with Gasteiger partial charge in [0.1, 0.15) is 36.3 Å². The molecule has 7 atom stereocenters. The fraction of sp³-hybridized carbons (Fsp3) is 0.704. The number of carbonyl (C=O) groups excluding carboxylic acids is 7. The number of nitrogens with one attached hydrogen (secondary N) is 6. The SMILES string of the molecule is CC(C)C[C@H](NC(=O)[C@H](CC(N)=O)NC(=O)[C@H](CS)NC(=O)[C@H](C)N)C(=O)N[C@@H](CO)C(=O)N[C@H](C(=O)N[C@@H](CS)C(=O)O)C(C)C. The predicted molar refractivity (Wildman–Crippen MR) is 176 cm³/mol. The Balaban J connectivity index is 5.90. The molecular formula is C27H48N8O10S2. The maximum absolute atomic E-state index is 13.3. The van der Waals surface area contributed by atoms with Crippen molar-refractivity contribution in [3.05, 3.63) is 0 Å². The molecule has 0 saturated heterocycles. The molecule has 0 radical (unpaired) electrons. The van der Waals surface area contributed by atoms with Crippen LogP contribution in [0.3, 0.4) is 0 Å². The lowest BCUT2D eigenvalue weighted by Crippen LogP contribution is -2.61. The molecule has 12 N–H and O–H groups in total. The smallest absolute Gasteiger partial charge is 0.327 e. The highest BCUT2D eigenvalue weighted by Gasteiger charge is 2.34. The van der Waals surface area contributed by atoms with Gasteiger partial charge in [-0.3, -0.25) is 33.6 Å². The van der Waals surface area contributed by atoms with Crippen LogP contribution in [0.15, 0.2) is 0 Å². The van der Waals surface area contributed by atoms with Gasteiger partial charge in [-0.1, -0.05) is 27.7 Å². The number of hydrogen-bond acceptors (Lipinski definition) is 12. The van der Waals surface area contributed by atoms with Crippen LogP contribution in [0.4, 0.5) is 0 Å². The van der Waals surface area contributed by atoms with E-state index in [2.05, 4.69) is 57.2 Å². The molecule has 0 aromatic rings. The second kappa shape index (κ2) is 21.3. The first-order valence-electron chi connectivity index (χ1n) is 14.7. The van der Waals surface area contributed by atoms with Gasteiger partial charge in [0.25, 0.3) is 0 Å². The summed E-state index contributed by atoms with van der Waals surface area (Å²) < 4.78 is 0. The van der Waals surface area contributed by atoms with E-state index in [9.17, 15) is 48.6 Å². The summed E-state index contributed by atoms with van der Waals surface area (Å²) in [7, 11) is 0. The summed E-state index contributed by atoms with van der Waals surface area (Å²) in [5.41, 5.74) is 10.8. The first kappa shape index (κ1) is 43.4. The highest BCUT2D eigenvalue weighted by Crippen LogP contribution is 2.08. The van der Waals surface area contributed by atoms with Crippen LogP contribution in [0, 0.1) is 11.8 Å². The number of thiol groups is 2. The molecule has 0 aromatic carbocycles. The minimum absolute atomic E-state index is 0.00954. The maximum Gasteiger partial charge on any atom is 0.327 e. The van der Waals surface area contributed by atoms with Gasteiger partial charge in [-0.05, 0) is 25.2 Å². The number of carboxylic acids is 1. The molecule has 47 heavy (non-hydrogen) atoms. The van der Waals surface area contributed by atoms with E-state index >= 15 is 0 Å². The number of carbonyl (C=O) groups is 8. The van der Waals surface area contributed by atoms with E-state index in [-0.39, 0.29) is 23.8 Å². The maximum atomic E-state index is 13.3. The number of aliphatic hydroxyl groups is 1. The average molecular weight is 709 g/mol. The first-order valence-corrected chi connectivity index (χ1v) is 16.0. The Morgan fingerprint density at radius 2 is 1.04 bits per heavy atom. The summed E-state index contributed by atoms with van der Waals surface area (Å²) in [6, 6.07) is -9.29. The van der Waals surface area contributed by atoms with Crippen molar-refractivity contribution in [3.63, 3.8) is 0 Å². The lowest BCUT2D eigenvalue weighted by Gasteiger charge is -2.28. The van der Waals surface area contributed by atoms with E-state index in [1.807, 2.05) is 0 Å². The van der Waals surface area contributed by atoms with Gasteiger partial charge < -0.3 is 53.6 Å². The molecule has 0 rings (SSSR count). The molecule has 0 aliphatic carbocycles. The molecular weight excluding hydrogens is 660 g/mol. The second-order valence-corrected chi connectivity index (χ2v) is 12.2. The van der Waals surface area contributed by atoms with Crippen LogP contribution in [-0.2, 0) is 38.4 Å². The van der Waals surface area contributed by atoms with E-state index in [0.717, 1.165) is 0 Å². The fourth-order valence-electron chi connectivity index (χ4n) is 3.86. The largest absolute Gasteiger partial charge is 0.480 e. The molecule has 0 aromatic heterocycles. The van der Waals surface area contributed by atoms with E-state index in [0.29, 0.717) is 0 Å². The topological polar surface area (TPSA) is 301 Å². The van der Waals surface area contributed by atoms with Gasteiger partial charge >= 0.3 is 5.97 Å². The van der Waals surface area contributed by atoms with Crippen molar-refractivity contribution in [2.45, 2.75) is 89.8 Å². The van der Waals surface area contributed by atoms with Crippen molar-refractivity contribution < 1.29 is 48.6 Å². The number of primary amides is 1. The predicted octanol–water partition coefficient (Wildman–Crippen LogP) is -4.24. The quantitative estimate of drug-likeness (QED) is 0.0507. The van der Waals surface area contributed by atoms with Crippen molar-refractivity contribution in [3.8, 4) is 0 Å². The molecule has 0 saturated carbocycles. The number of rotatable bonds is 21. The molecule has 0 fully saturated rings. The number of amides is 7. The Morgan fingerprint density at radius 3 is 1.47 bits per heavy atom. The monoisotopic (exact) mass is 708 g/mol. The molecule has 0 bridgehead atoms. The standard InChI is InChI=1S/C27H48N8O10S2/c1-11(2)6-14(30-23(40)15(7-19(29)37)31-25(42)17(9-46)33-21(38)13(5)28)22(39)32-16(8-36)24(41)35-20(12(3)4)26(43)34-18(10-47)27(44)45/h11-18,20,36,46-47H,6-10,28H2,1-5H3,(H2,29,37)(H,30,40)(H,31,42)(H,32,39)(H,33,38)(H,34,43)(H,35,41)(H,44,45)/t13-,14-,15-,16-,17-,18-,20-/m0/s1. The van der Waals surface area contributed by atoms with Gasteiger partial charge in [0.05, 0.1) is 19.1 Å². The Morgan fingerprint density at radius 1 is 0.617 bits per heavy atom. The zero-order valence-corrected chi connectivity index (χ0v) is 28.7.